The van der Waals surface area contributed by atoms with Gasteiger partial charge in [0.05, 0.1) is 0 Å². The predicted octanol–water partition coefficient (Wildman–Crippen LogP) is 1.92. The molecular weight excluding hydrogens is 352 g/mol. The van der Waals surface area contributed by atoms with Gasteiger partial charge in [-0.05, 0) is 43.4 Å². The van der Waals surface area contributed by atoms with E-state index >= 15 is 0 Å². The van der Waals surface area contributed by atoms with Crippen molar-refractivity contribution in [3.05, 3.63) is 30.3 Å². The summed E-state index contributed by atoms with van der Waals surface area (Å²) in [5.74, 6) is 0.632. The number of rotatable bonds is 3. The Labute approximate surface area is 159 Å². The first-order valence-electron chi connectivity index (χ1n) is 9.01. The number of carbonyl (C=O) groups is 1. The zero-order chi connectivity index (χ0) is 17.3. The summed E-state index contributed by atoms with van der Waals surface area (Å²) in [5.41, 5.74) is 1.31. The number of halogens is 1. The SMILES string of the molecule is CC(C(=O)N1CCC2(CCNC2)CC1)n1nnc(-c2ccccc2)n1.Cl. The third kappa shape index (κ3) is 3.59. The van der Waals surface area contributed by atoms with Crippen LogP contribution in [-0.4, -0.2) is 57.2 Å². The number of hydrogen-bond acceptors (Lipinski definition) is 5. The van der Waals surface area contributed by atoms with E-state index in [0.29, 0.717) is 11.2 Å². The first kappa shape index (κ1) is 18.8. The van der Waals surface area contributed by atoms with Gasteiger partial charge in [-0.3, -0.25) is 4.79 Å². The minimum Gasteiger partial charge on any atom is -0.341 e. The molecule has 2 saturated heterocycles. The van der Waals surface area contributed by atoms with Crippen molar-refractivity contribution in [3.8, 4) is 11.4 Å². The molecule has 2 fully saturated rings. The van der Waals surface area contributed by atoms with Gasteiger partial charge in [0.25, 0.3) is 0 Å². The van der Waals surface area contributed by atoms with Crippen LogP contribution in [0.1, 0.15) is 32.2 Å². The number of hydrogen-bond donors (Lipinski definition) is 1. The van der Waals surface area contributed by atoms with E-state index in [-0.39, 0.29) is 18.3 Å². The summed E-state index contributed by atoms with van der Waals surface area (Å²) in [6, 6.07) is 9.27. The minimum absolute atomic E-state index is 0. The molecule has 1 amide bonds. The molecule has 1 N–H and O–H groups in total. The van der Waals surface area contributed by atoms with Crippen LogP contribution in [-0.2, 0) is 4.79 Å². The summed E-state index contributed by atoms with van der Waals surface area (Å²) in [6.45, 7) is 5.70. The van der Waals surface area contributed by atoms with Crippen molar-refractivity contribution in [2.45, 2.75) is 32.2 Å². The van der Waals surface area contributed by atoms with Gasteiger partial charge in [-0.2, -0.15) is 4.80 Å². The predicted molar refractivity (Wildman–Crippen MR) is 101 cm³/mol. The van der Waals surface area contributed by atoms with Crippen LogP contribution >= 0.6 is 12.4 Å². The fourth-order valence-corrected chi connectivity index (χ4v) is 3.88. The fraction of sp³-hybridized carbons (Fsp3) is 0.556. The lowest BCUT2D eigenvalue weighted by Crippen LogP contribution is -2.46. The summed E-state index contributed by atoms with van der Waals surface area (Å²) in [4.78, 5) is 16.2. The zero-order valence-electron chi connectivity index (χ0n) is 15.0. The smallest absolute Gasteiger partial charge is 0.249 e. The Hall–Kier alpha value is -1.99. The Morgan fingerprint density at radius 3 is 2.58 bits per heavy atom. The minimum atomic E-state index is -0.430. The molecule has 1 aromatic carbocycles. The van der Waals surface area contributed by atoms with E-state index in [9.17, 15) is 4.79 Å². The number of nitrogens with one attached hydrogen (secondary N) is 1. The highest BCUT2D eigenvalue weighted by Gasteiger charge is 2.39. The zero-order valence-corrected chi connectivity index (χ0v) is 15.8. The van der Waals surface area contributed by atoms with Crippen LogP contribution in [0.3, 0.4) is 0 Å². The highest BCUT2D eigenvalue weighted by atomic mass is 35.5. The number of nitrogens with zero attached hydrogens (tertiary/aromatic N) is 5. The quantitative estimate of drug-likeness (QED) is 0.885. The highest BCUT2D eigenvalue weighted by Crippen LogP contribution is 2.37. The topological polar surface area (TPSA) is 75.9 Å². The maximum absolute atomic E-state index is 12.8. The van der Waals surface area contributed by atoms with E-state index in [1.807, 2.05) is 42.2 Å². The van der Waals surface area contributed by atoms with Gasteiger partial charge in [-0.1, -0.05) is 30.3 Å². The van der Waals surface area contributed by atoms with Crippen molar-refractivity contribution in [2.75, 3.05) is 26.2 Å². The molecule has 1 atom stereocenters. The average Bonchev–Trinajstić information content (AvgIpc) is 3.32. The summed E-state index contributed by atoms with van der Waals surface area (Å²) in [6.07, 6.45) is 3.40. The second kappa shape index (κ2) is 7.72. The van der Waals surface area contributed by atoms with E-state index in [1.165, 1.54) is 11.2 Å². The monoisotopic (exact) mass is 376 g/mol. The second-order valence-electron chi connectivity index (χ2n) is 7.23. The Balaban J connectivity index is 0.00000196. The van der Waals surface area contributed by atoms with Crippen LogP contribution in [0.15, 0.2) is 30.3 Å². The first-order valence-corrected chi connectivity index (χ1v) is 9.01. The lowest BCUT2D eigenvalue weighted by molar-refractivity contribution is -0.137. The molecule has 2 aliphatic heterocycles. The molecule has 7 nitrogen and oxygen atoms in total. The molecule has 8 heteroatoms. The van der Waals surface area contributed by atoms with Crippen LogP contribution in [0.5, 0.6) is 0 Å². The van der Waals surface area contributed by atoms with Crippen molar-refractivity contribution in [3.63, 3.8) is 0 Å². The van der Waals surface area contributed by atoms with Crippen molar-refractivity contribution in [2.24, 2.45) is 5.41 Å². The van der Waals surface area contributed by atoms with Gasteiger partial charge in [0.1, 0.15) is 6.04 Å². The van der Waals surface area contributed by atoms with Gasteiger partial charge in [0.15, 0.2) is 0 Å². The maximum atomic E-state index is 12.8. The number of tetrazole rings is 1. The molecule has 26 heavy (non-hydrogen) atoms. The third-order valence-corrected chi connectivity index (χ3v) is 5.63. The Bertz CT molecular complexity index is 733. The normalized spacial score (nSPS) is 20.0. The molecule has 1 aromatic heterocycles. The van der Waals surface area contributed by atoms with E-state index in [4.69, 9.17) is 0 Å². The highest BCUT2D eigenvalue weighted by molar-refractivity contribution is 5.85. The number of likely N-dealkylation sites (tertiary alicyclic amines) is 1. The Kier molecular flexibility index (Phi) is 5.58. The summed E-state index contributed by atoms with van der Waals surface area (Å²) in [5, 5.41) is 16.1. The van der Waals surface area contributed by atoms with Gasteiger partial charge in [-0.15, -0.1) is 22.6 Å². The van der Waals surface area contributed by atoms with E-state index in [2.05, 4.69) is 20.7 Å². The number of benzene rings is 1. The number of piperidine rings is 1. The molecule has 0 aliphatic carbocycles. The molecule has 0 radical (unpaired) electrons. The number of aromatic nitrogens is 4. The van der Waals surface area contributed by atoms with Crippen LogP contribution in [0.4, 0.5) is 0 Å². The van der Waals surface area contributed by atoms with Crippen LogP contribution in [0.2, 0.25) is 0 Å². The van der Waals surface area contributed by atoms with Crippen LogP contribution in [0, 0.1) is 5.41 Å². The number of carbonyl (C=O) groups excluding carboxylic acids is 1. The first-order chi connectivity index (χ1) is 12.2. The van der Waals surface area contributed by atoms with E-state index in [0.717, 1.165) is 44.6 Å². The molecule has 3 heterocycles. The van der Waals surface area contributed by atoms with Crippen molar-refractivity contribution >= 4 is 18.3 Å². The van der Waals surface area contributed by atoms with Crippen LogP contribution in [0.25, 0.3) is 11.4 Å². The molecule has 0 saturated carbocycles. The Morgan fingerprint density at radius 2 is 1.92 bits per heavy atom. The molecule has 1 unspecified atom stereocenters. The largest absolute Gasteiger partial charge is 0.341 e. The van der Waals surface area contributed by atoms with E-state index in [1.54, 1.807) is 0 Å². The second-order valence-corrected chi connectivity index (χ2v) is 7.23. The standard InChI is InChI=1S/C18H24N6O.ClH/c1-14(24-21-16(20-22-24)15-5-3-2-4-6-15)17(25)23-11-8-18(9-12-23)7-10-19-13-18;/h2-6,14,19H,7-13H2,1H3;1H. The van der Waals surface area contributed by atoms with Gasteiger partial charge < -0.3 is 10.2 Å². The molecule has 2 aromatic rings. The summed E-state index contributed by atoms with van der Waals surface area (Å²) < 4.78 is 0. The fourth-order valence-electron chi connectivity index (χ4n) is 3.88. The van der Waals surface area contributed by atoms with Gasteiger partial charge >= 0.3 is 0 Å². The van der Waals surface area contributed by atoms with Crippen molar-refractivity contribution < 1.29 is 4.79 Å². The van der Waals surface area contributed by atoms with Crippen LogP contribution < -0.4 is 5.32 Å². The van der Waals surface area contributed by atoms with Crippen molar-refractivity contribution in [1.29, 1.82) is 0 Å². The van der Waals surface area contributed by atoms with Gasteiger partial charge in [0, 0.05) is 25.2 Å². The third-order valence-electron chi connectivity index (χ3n) is 5.63. The molecule has 2 aliphatic rings. The lowest BCUT2D eigenvalue weighted by atomic mass is 9.78. The average molecular weight is 377 g/mol. The van der Waals surface area contributed by atoms with E-state index < -0.39 is 6.04 Å². The summed E-state index contributed by atoms with van der Waals surface area (Å²) >= 11 is 0. The lowest BCUT2D eigenvalue weighted by Gasteiger charge is -2.39. The molecule has 1 spiro atoms. The van der Waals surface area contributed by atoms with Crippen molar-refractivity contribution in [1.82, 2.24) is 30.4 Å². The summed E-state index contributed by atoms with van der Waals surface area (Å²) in [7, 11) is 0. The Morgan fingerprint density at radius 1 is 1.19 bits per heavy atom. The molecule has 4 rings (SSSR count). The molecule has 140 valence electrons. The molecule has 0 bridgehead atoms. The van der Waals surface area contributed by atoms with Gasteiger partial charge in [-0.25, -0.2) is 0 Å². The molecular formula is C18H25ClN6O. The maximum Gasteiger partial charge on any atom is 0.249 e. The van der Waals surface area contributed by atoms with Gasteiger partial charge in [0.2, 0.25) is 11.7 Å². The number of amides is 1.